The van der Waals surface area contributed by atoms with Gasteiger partial charge in [0.25, 0.3) is 0 Å². The van der Waals surface area contributed by atoms with Crippen molar-refractivity contribution in [3.63, 3.8) is 0 Å². The lowest BCUT2D eigenvalue weighted by Crippen LogP contribution is -2.32. The minimum atomic E-state index is -3.16. The van der Waals surface area contributed by atoms with Gasteiger partial charge < -0.3 is 25.2 Å². The number of rotatable bonds is 8. The molecule has 2 N–H and O–H groups in total. The maximum absolute atomic E-state index is 12.4. The Morgan fingerprint density at radius 1 is 1.16 bits per heavy atom. The van der Waals surface area contributed by atoms with Crippen LogP contribution in [0.15, 0.2) is 36.7 Å². The molecule has 0 bridgehead atoms. The summed E-state index contributed by atoms with van der Waals surface area (Å²) in [5, 5.41) is 6.66. The smallest absolute Gasteiger partial charge is 0.237 e. The minimum Gasteiger partial charge on any atom is -0.474 e. The van der Waals surface area contributed by atoms with Gasteiger partial charge in [0.05, 0.1) is 35.6 Å². The van der Waals surface area contributed by atoms with Crippen LogP contribution in [0.2, 0.25) is 0 Å². The Balaban J connectivity index is 1.26. The van der Waals surface area contributed by atoms with Gasteiger partial charge in [0.1, 0.15) is 12.3 Å². The zero-order chi connectivity index (χ0) is 26.0. The van der Waals surface area contributed by atoms with E-state index in [2.05, 4.69) is 32.4 Å². The number of pyridine rings is 1. The molecule has 10 nitrogen and oxygen atoms in total. The number of nitrogens with one attached hydrogen (secondary N) is 2. The van der Waals surface area contributed by atoms with Gasteiger partial charge in [-0.1, -0.05) is 12.1 Å². The van der Waals surface area contributed by atoms with Crippen LogP contribution in [0.3, 0.4) is 0 Å². The van der Waals surface area contributed by atoms with Crippen molar-refractivity contribution >= 4 is 32.8 Å². The van der Waals surface area contributed by atoms with Crippen LogP contribution in [-0.4, -0.2) is 74.4 Å². The third kappa shape index (κ3) is 5.94. The molecule has 0 fully saturated rings. The van der Waals surface area contributed by atoms with E-state index in [4.69, 9.17) is 9.72 Å². The summed E-state index contributed by atoms with van der Waals surface area (Å²) in [7, 11) is 0.586. The van der Waals surface area contributed by atoms with Gasteiger partial charge in [-0.25, -0.2) is 23.4 Å². The number of sulfone groups is 1. The van der Waals surface area contributed by atoms with Crippen LogP contribution in [0.1, 0.15) is 22.4 Å². The van der Waals surface area contributed by atoms with Gasteiger partial charge in [0, 0.05) is 37.1 Å². The van der Waals surface area contributed by atoms with Crippen LogP contribution < -0.4 is 20.3 Å². The number of hydrogen-bond acceptors (Lipinski definition) is 10. The average molecular weight is 524 g/mol. The summed E-state index contributed by atoms with van der Waals surface area (Å²) < 4.78 is 30.4. The maximum Gasteiger partial charge on any atom is 0.237 e. The molecule has 37 heavy (non-hydrogen) atoms. The number of aromatic nitrogens is 3. The first-order valence-electron chi connectivity index (χ1n) is 12.4. The monoisotopic (exact) mass is 523 g/mol. The van der Waals surface area contributed by atoms with E-state index < -0.39 is 9.84 Å². The lowest BCUT2D eigenvalue weighted by molar-refractivity contribution is 0.310. The van der Waals surface area contributed by atoms with Crippen LogP contribution in [-0.2, 0) is 28.6 Å². The van der Waals surface area contributed by atoms with Gasteiger partial charge in [0.15, 0.2) is 9.84 Å². The predicted molar refractivity (Wildman–Crippen MR) is 146 cm³/mol. The molecule has 3 aromatic rings. The third-order valence-electron chi connectivity index (χ3n) is 6.65. The summed E-state index contributed by atoms with van der Waals surface area (Å²) in [6, 6.07) is 7.39. The van der Waals surface area contributed by atoms with Gasteiger partial charge in [-0.3, -0.25) is 0 Å². The summed E-state index contributed by atoms with van der Waals surface area (Å²) in [6.45, 7) is 5.54. The van der Waals surface area contributed by atoms with Crippen molar-refractivity contribution in [1.82, 2.24) is 19.9 Å². The van der Waals surface area contributed by atoms with Crippen LogP contribution >= 0.6 is 0 Å². The van der Waals surface area contributed by atoms with Gasteiger partial charge in [-0.05, 0) is 50.7 Å². The van der Waals surface area contributed by atoms with Crippen molar-refractivity contribution in [1.29, 1.82) is 0 Å². The highest BCUT2D eigenvalue weighted by Crippen LogP contribution is 2.36. The fourth-order valence-corrected chi connectivity index (χ4v) is 6.05. The number of hydrogen-bond donors (Lipinski definition) is 2. The van der Waals surface area contributed by atoms with Crippen molar-refractivity contribution in [3.8, 4) is 5.88 Å². The molecule has 0 radical (unpaired) electrons. The van der Waals surface area contributed by atoms with Crippen LogP contribution in [0, 0.1) is 6.92 Å². The zero-order valence-electron chi connectivity index (χ0n) is 21.5. The fourth-order valence-electron chi connectivity index (χ4n) is 4.56. The number of fused-ring (bicyclic) bond motifs is 2. The Morgan fingerprint density at radius 2 is 1.97 bits per heavy atom. The molecular formula is C26H33N7O3S. The summed E-state index contributed by atoms with van der Waals surface area (Å²) in [5.74, 6) is 1.36. The lowest BCUT2D eigenvalue weighted by atomic mass is 10.0. The Bertz CT molecular complexity index is 1380. The highest BCUT2D eigenvalue weighted by molar-refractivity contribution is 7.90. The molecule has 11 heteroatoms. The van der Waals surface area contributed by atoms with Gasteiger partial charge in [0.2, 0.25) is 11.8 Å². The fraction of sp³-hybridized carbons (Fsp3) is 0.423. The van der Waals surface area contributed by atoms with Gasteiger partial charge in [-0.2, -0.15) is 0 Å². The van der Waals surface area contributed by atoms with Crippen molar-refractivity contribution in [2.45, 2.75) is 25.6 Å². The second kappa shape index (κ2) is 10.5. The molecule has 2 aliphatic rings. The molecular weight excluding hydrogens is 490 g/mol. The minimum absolute atomic E-state index is 0.0327. The molecule has 0 amide bonds. The quantitative estimate of drug-likeness (QED) is 0.457. The molecule has 196 valence electrons. The average Bonchev–Trinajstić information content (AvgIpc) is 2.89. The molecule has 2 aliphatic heterocycles. The molecule has 0 saturated carbocycles. The van der Waals surface area contributed by atoms with E-state index in [1.165, 1.54) is 0 Å². The highest BCUT2D eigenvalue weighted by Gasteiger charge is 2.24. The molecule has 0 unspecified atom stereocenters. The van der Waals surface area contributed by atoms with Crippen molar-refractivity contribution in [2.75, 3.05) is 61.6 Å². The first-order valence-corrected chi connectivity index (χ1v) is 14.3. The molecule has 0 saturated heterocycles. The third-order valence-corrected chi connectivity index (χ3v) is 8.23. The van der Waals surface area contributed by atoms with Gasteiger partial charge >= 0.3 is 0 Å². The Morgan fingerprint density at radius 3 is 2.76 bits per heavy atom. The normalized spacial score (nSPS) is 15.0. The molecule has 2 aromatic heterocycles. The Labute approximate surface area is 218 Å². The van der Waals surface area contributed by atoms with Crippen molar-refractivity contribution < 1.29 is 13.2 Å². The van der Waals surface area contributed by atoms with Crippen molar-refractivity contribution in [2.24, 2.45) is 0 Å². The lowest BCUT2D eigenvalue weighted by Gasteiger charge is -2.32. The number of ether oxygens (including phenoxy) is 1. The molecule has 4 heterocycles. The van der Waals surface area contributed by atoms with E-state index in [0.29, 0.717) is 31.5 Å². The Hall–Kier alpha value is -3.44. The van der Waals surface area contributed by atoms with E-state index in [1.54, 1.807) is 0 Å². The summed E-state index contributed by atoms with van der Waals surface area (Å²) in [6.07, 6.45) is 4.63. The largest absolute Gasteiger partial charge is 0.474 e. The van der Waals surface area contributed by atoms with E-state index in [0.717, 1.165) is 59.0 Å². The second-order valence-electron chi connectivity index (χ2n) is 9.78. The molecule has 5 rings (SSSR count). The van der Waals surface area contributed by atoms with E-state index in [1.807, 2.05) is 55.7 Å². The number of nitrogens with zero attached hydrogens (tertiary/aromatic N) is 5. The van der Waals surface area contributed by atoms with Gasteiger partial charge in [-0.15, -0.1) is 0 Å². The molecule has 0 atom stereocenters. The second-order valence-corrected chi connectivity index (χ2v) is 12.0. The van der Waals surface area contributed by atoms with E-state index in [-0.39, 0.29) is 11.5 Å². The van der Waals surface area contributed by atoms with Crippen LogP contribution in [0.4, 0.5) is 23.0 Å². The number of anilines is 4. The summed E-state index contributed by atoms with van der Waals surface area (Å²) in [4.78, 5) is 18.0. The first-order chi connectivity index (χ1) is 17.8. The Kier molecular flexibility index (Phi) is 7.16. The first kappa shape index (κ1) is 25.2. The molecule has 1 aromatic carbocycles. The zero-order valence-corrected chi connectivity index (χ0v) is 22.3. The summed E-state index contributed by atoms with van der Waals surface area (Å²) >= 11 is 0. The molecule has 0 aliphatic carbocycles. The maximum atomic E-state index is 12.4. The highest BCUT2D eigenvalue weighted by atomic mass is 32.2. The van der Waals surface area contributed by atoms with Crippen LogP contribution in [0.25, 0.3) is 0 Å². The topological polar surface area (TPSA) is 113 Å². The predicted octanol–water partition coefficient (Wildman–Crippen LogP) is 2.77. The molecule has 0 spiro atoms. The summed E-state index contributed by atoms with van der Waals surface area (Å²) in [5.41, 5.74) is 6.87. The van der Waals surface area contributed by atoms with E-state index in [9.17, 15) is 8.42 Å². The number of benzene rings is 1. The van der Waals surface area contributed by atoms with Crippen LogP contribution in [0.5, 0.6) is 5.88 Å². The van der Waals surface area contributed by atoms with Crippen molar-refractivity contribution in [3.05, 3.63) is 59.0 Å². The van der Waals surface area contributed by atoms with E-state index >= 15 is 0 Å². The standard InChI is InChI=1S/C26H33N7O3S/c1-18-23(15-28-25-24(18)27-9-12-36-25)33-10-8-20-14-29-26(31-22(20)16-33)30-21-6-4-19(5-7-21)17-37(34,35)13-11-32(2)3/h4-7,14-15,27H,8-13,16-17H2,1-3H3,(H,29,30,31). The SMILES string of the molecule is Cc1c(N2CCc3cnc(Nc4ccc(CS(=O)(=O)CCN(C)C)cc4)nc3C2)cnc2c1NCCO2.